The van der Waals surface area contributed by atoms with Crippen LogP contribution in [-0.2, 0) is 5.54 Å². The number of nitrogens with two attached hydrogens (primary N) is 1. The third-order valence-electron chi connectivity index (χ3n) is 4.07. The van der Waals surface area contributed by atoms with Crippen molar-refractivity contribution in [3.8, 4) is 6.07 Å². The lowest BCUT2D eigenvalue weighted by atomic mass is 9.91. The van der Waals surface area contributed by atoms with Crippen molar-refractivity contribution in [2.24, 2.45) is 11.7 Å². The zero-order valence-corrected chi connectivity index (χ0v) is 12.4. The fourth-order valence-electron chi connectivity index (χ4n) is 3.03. The molecule has 4 heteroatoms. The predicted octanol–water partition coefficient (Wildman–Crippen LogP) is 1.25. The van der Waals surface area contributed by atoms with E-state index in [0.717, 1.165) is 18.7 Å². The third-order valence-corrected chi connectivity index (χ3v) is 4.07. The van der Waals surface area contributed by atoms with Gasteiger partial charge >= 0.3 is 0 Å². The second-order valence-electron chi connectivity index (χ2n) is 6.06. The van der Waals surface area contributed by atoms with E-state index in [0.29, 0.717) is 12.5 Å². The molecule has 0 spiro atoms. The zero-order chi connectivity index (χ0) is 14.6. The highest BCUT2D eigenvalue weighted by atomic mass is 15.2. The smallest absolute Gasteiger partial charge is 0.142 e. The number of rotatable bonds is 5. The molecule has 0 bridgehead atoms. The van der Waals surface area contributed by atoms with Gasteiger partial charge in [0.05, 0.1) is 6.07 Å². The highest BCUT2D eigenvalue weighted by Gasteiger charge is 2.30. The van der Waals surface area contributed by atoms with Crippen LogP contribution < -0.4 is 5.73 Å². The summed E-state index contributed by atoms with van der Waals surface area (Å²) >= 11 is 0. The minimum absolute atomic E-state index is 0.563. The van der Waals surface area contributed by atoms with Crippen LogP contribution in [0.25, 0.3) is 0 Å². The van der Waals surface area contributed by atoms with Crippen LogP contribution in [0.2, 0.25) is 0 Å². The summed E-state index contributed by atoms with van der Waals surface area (Å²) in [4.78, 5) is 4.55. The van der Waals surface area contributed by atoms with E-state index in [-0.39, 0.29) is 0 Å². The Hall–Kier alpha value is -1.41. The van der Waals surface area contributed by atoms with Crippen LogP contribution in [0, 0.1) is 17.2 Å². The molecule has 108 valence electrons. The molecule has 1 aromatic rings. The van der Waals surface area contributed by atoms with E-state index in [9.17, 15) is 5.26 Å². The molecule has 1 fully saturated rings. The average molecular weight is 272 g/mol. The lowest BCUT2D eigenvalue weighted by Crippen LogP contribution is -2.46. The monoisotopic (exact) mass is 272 g/mol. The van der Waals surface area contributed by atoms with Gasteiger partial charge in [0.2, 0.25) is 0 Å². The van der Waals surface area contributed by atoms with Gasteiger partial charge in [0.1, 0.15) is 5.54 Å². The zero-order valence-electron chi connectivity index (χ0n) is 12.4. The average Bonchev–Trinajstić information content (AvgIpc) is 2.84. The first-order valence-corrected chi connectivity index (χ1v) is 7.16. The maximum absolute atomic E-state index is 9.48. The van der Waals surface area contributed by atoms with Crippen molar-refractivity contribution < 1.29 is 0 Å². The van der Waals surface area contributed by atoms with E-state index < -0.39 is 5.54 Å². The molecule has 1 aliphatic heterocycles. The molecule has 2 N–H and O–H groups in total. The molecule has 0 amide bonds. The van der Waals surface area contributed by atoms with Crippen LogP contribution in [0.15, 0.2) is 30.3 Å². The molecule has 1 aliphatic rings. The Morgan fingerprint density at radius 3 is 2.70 bits per heavy atom. The Bertz CT molecular complexity index is 467. The van der Waals surface area contributed by atoms with Crippen LogP contribution in [-0.4, -0.2) is 50.1 Å². The fraction of sp³-hybridized carbons (Fsp3) is 0.562. The SMILES string of the molecule is CN1CCC(CN(C)CC(N)(C#N)c2ccccc2)C1. The van der Waals surface area contributed by atoms with Crippen LogP contribution in [0.4, 0.5) is 0 Å². The summed E-state index contributed by atoms with van der Waals surface area (Å²) in [7, 11) is 4.21. The van der Waals surface area contributed by atoms with E-state index in [1.165, 1.54) is 13.0 Å². The summed E-state index contributed by atoms with van der Waals surface area (Å²) in [5.74, 6) is 0.684. The predicted molar refractivity (Wildman–Crippen MR) is 81.0 cm³/mol. The maximum Gasteiger partial charge on any atom is 0.142 e. The molecule has 1 saturated heterocycles. The Morgan fingerprint density at radius 1 is 1.45 bits per heavy atom. The standard InChI is InChI=1S/C16H24N4/c1-19-9-8-14(10-19)11-20(2)13-16(18,12-17)15-6-4-3-5-7-15/h3-7,14H,8-11,13,18H2,1-2H3. The molecule has 2 unspecified atom stereocenters. The van der Waals surface area contributed by atoms with Gasteiger partial charge in [-0.15, -0.1) is 0 Å². The fourth-order valence-corrected chi connectivity index (χ4v) is 3.03. The number of likely N-dealkylation sites (N-methyl/N-ethyl adjacent to an activating group) is 1. The summed E-state index contributed by atoms with van der Waals surface area (Å²) in [6, 6.07) is 12.0. The van der Waals surface area contributed by atoms with Gasteiger partial charge in [0, 0.05) is 19.6 Å². The molecule has 0 radical (unpaired) electrons. The van der Waals surface area contributed by atoms with Crippen molar-refractivity contribution in [1.82, 2.24) is 9.80 Å². The van der Waals surface area contributed by atoms with Crippen LogP contribution in [0.3, 0.4) is 0 Å². The molecular formula is C16H24N4. The molecular weight excluding hydrogens is 248 g/mol. The van der Waals surface area contributed by atoms with E-state index in [1.54, 1.807) is 0 Å². The molecule has 1 aromatic carbocycles. The highest BCUT2D eigenvalue weighted by molar-refractivity contribution is 5.31. The lowest BCUT2D eigenvalue weighted by Gasteiger charge is -2.29. The van der Waals surface area contributed by atoms with Crippen LogP contribution in [0.5, 0.6) is 0 Å². The lowest BCUT2D eigenvalue weighted by molar-refractivity contribution is 0.240. The summed E-state index contributed by atoms with van der Waals surface area (Å²) in [6.07, 6.45) is 1.23. The van der Waals surface area contributed by atoms with Gasteiger partial charge in [0.25, 0.3) is 0 Å². The van der Waals surface area contributed by atoms with Gasteiger partial charge in [0.15, 0.2) is 0 Å². The number of nitriles is 1. The van der Waals surface area contributed by atoms with Crippen molar-refractivity contribution in [1.29, 1.82) is 5.26 Å². The van der Waals surface area contributed by atoms with E-state index >= 15 is 0 Å². The normalized spacial score (nSPS) is 22.6. The van der Waals surface area contributed by atoms with Crippen molar-refractivity contribution in [3.63, 3.8) is 0 Å². The molecule has 0 aliphatic carbocycles. The second-order valence-corrected chi connectivity index (χ2v) is 6.06. The van der Waals surface area contributed by atoms with Crippen molar-refractivity contribution >= 4 is 0 Å². The van der Waals surface area contributed by atoms with Gasteiger partial charge in [-0.1, -0.05) is 30.3 Å². The van der Waals surface area contributed by atoms with Crippen molar-refractivity contribution in [2.75, 3.05) is 40.3 Å². The van der Waals surface area contributed by atoms with Gasteiger partial charge in [-0.3, -0.25) is 0 Å². The Kier molecular flexibility index (Phi) is 4.77. The quantitative estimate of drug-likeness (QED) is 0.876. The number of hydrogen-bond donors (Lipinski definition) is 1. The summed E-state index contributed by atoms with van der Waals surface area (Å²) < 4.78 is 0. The van der Waals surface area contributed by atoms with Crippen molar-refractivity contribution in [2.45, 2.75) is 12.0 Å². The van der Waals surface area contributed by atoms with Gasteiger partial charge in [-0.2, -0.15) is 5.26 Å². The second kappa shape index (κ2) is 6.36. The molecule has 0 saturated carbocycles. The molecule has 2 atom stereocenters. The summed E-state index contributed by atoms with van der Waals surface area (Å²) in [5, 5.41) is 9.48. The van der Waals surface area contributed by atoms with E-state index in [4.69, 9.17) is 5.73 Å². The maximum atomic E-state index is 9.48. The first kappa shape index (κ1) is 15.0. The van der Waals surface area contributed by atoms with Gasteiger partial charge in [-0.05, 0) is 38.5 Å². The van der Waals surface area contributed by atoms with E-state index in [1.807, 2.05) is 30.3 Å². The topological polar surface area (TPSA) is 56.3 Å². The molecule has 2 rings (SSSR count). The highest BCUT2D eigenvalue weighted by Crippen LogP contribution is 2.20. The molecule has 0 aromatic heterocycles. The number of nitrogens with zero attached hydrogens (tertiary/aromatic N) is 3. The van der Waals surface area contributed by atoms with Gasteiger partial charge < -0.3 is 15.5 Å². The molecule has 4 nitrogen and oxygen atoms in total. The largest absolute Gasteiger partial charge is 0.309 e. The number of likely N-dealkylation sites (tertiary alicyclic amines) is 1. The van der Waals surface area contributed by atoms with Crippen LogP contribution in [0.1, 0.15) is 12.0 Å². The van der Waals surface area contributed by atoms with E-state index in [2.05, 4.69) is 30.0 Å². The first-order valence-electron chi connectivity index (χ1n) is 7.16. The van der Waals surface area contributed by atoms with Crippen LogP contribution >= 0.6 is 0 Å². The Balaban J connectivity index is 1.98. The molecule has 1 heterocycles. The van der Waals surface area contributed by atoms with Gasteiger partial charge in [-0.25, -0.2) is 0 Å². The molecule has 20 heavy (non-hydrogen) atoms. The first-order chi connectivity index (χ1) is 9.53. The number of benzene rings is 1. The third kappa shape index (κ3) is 3.57. The Labute approximate surface area is 121 Å². The summed E-state index contributed by atoms with van der Waals surface area (Å²) in [5.41, 5.74) is 6.26. The number of hydrogen-bond acceptors (Lipinski definition) is 4. The Morgan fingerprint density at radius 2 is 2.15 bits per heavy atom. The minimum atomic E-state index is -0.930. The van der Waals surface area contributed by atoms with Crippen molar-refractivity contribution in [3.05, 3.63) is 35.9 Å². The summed E-state index contributed by atoms with van der Waals surface area (Å²) in [6.45, 7) is 3.87. The minimum Gasteiger partial charge on any atom is -0.309 e.